The minimum Gasteiger partial charge on any atom is -0.491 e. The zero-order chi connectivity index (χ0) is 10.7. The fourth-order valence-corrected chi connectivity index (χ4v) is 1.58. The second-order valence-electron chi connectivity index (χ2n) is 3.27. The van der Waals surface area contributed by atoms with Crippen molar-refractivity contribution in [2.75, 3.05) is 18.9 Å². The Hall–Kier alpha value is -1.74. The lowest BCUT2D eigenvalue weighted by molar-refractivity contribution is 0.203. The second-order valence-corrected chi connectivity index (χ2v) is 3.27. The van der Waals surface area contributed by atoms with Crippen LogP contribution in [0.3, 0.4) is 0 Å². The van der Waals surface area contributed by atoms with E-state index in [9.17, 15) is 0 Å². The Balaban J connectivity index is 2.51. The molecule has 2 aromatic rings. The summed E-state index contributed by atoms with van der Waals surface area (Å²) in [5, 5.41) is 10.7. The van der Waals surface area contributed by atoms with E-state index >= 15 is 0 Å². The van der Waals surface area contributed by atoms with Crippen molar-refractivity contribution in [2.24, 2.45) is 0 Å². The molecule has 0 saturated heterocycles. The van der Waals surface area contributed by atoms with Crippen LogP contribution in [0.15, 0.2) is 36.4 Å². The number of nitrogen functional groups attached to an aromatic ring is 1. The summed E-state index contributed by atoms with van der Waals surface area (Å²) in [6.45, 7) is 0.312. The van der Waals surface area contributed by atoms with Crippen LogP contribution >= 0.6 is 0 Å². The van der Waals surface area contributed by atoms with Crippen LogP contribution in [0, 0.1) is 0 Å². The quantitative estimate of drug-likeness (QED) is 0.748. The number of hydrogen-bond donors (Lipinski definition) is 2. The molecule has 0 radical (unpaired) electrons. The Kier molecular flexibility index (Phi) is 2.74. The van der Waals surface area contributed by atoms with Crippen LogP contribution < -0.4 is 10.5 Å². The molecule has 0 aliphatic rings. The average molecular weight is 203 g/mol. The first-order chi connectivity index (χ1) is 7.33. The van der Waals surface area contributed by atoms with Crippen molar-refractivity contribution in [3.8, 4) is 5.75 Å². The van der Waals surface area contributed by atoms with Gasteiger partial charge in [0.1, 0.15) is 12.4 Å². The highest BCUT2D eigenvalue weighted by Gasteiger charge is 2.03. The monoisotopic (exact) mass is 203 g/mol. The molecular formula is C12H13NO2. The Bertz CT molecular complexity index is 468. The van der Waals surface area contributed by atoms with Crippen LogP contribution in [0.2, 0.25) is 0 Å². The lowest BCUT2D eigenvalue weighted by atomic mass is 10.1. The van der Waals surface area contributed by atoms with E-state index in [-0.39, 0.29) is 6.61 Å². The first kappa shape index (κ1) is 9.80. The van der Waals surface area contributed by atoms with Gasteiger partial charge in [0.2, 0.25) is 0 Å². The third kappa shape index (κ3) is 1.87. The van der Waals surface area contributed by atoms with Gasteiger partial charge in [0.15, 0.2) is 0 Å². The maximum absolute atomic E-state index is 8.70. The summed E-state index contributed by atoms with van der Waals surface area (Å²) in [4.78, 5) is 0. The molecule has 3 N–H and O–H groups in total. The average Bonchev–Trinajstić information content (AvgIpc) is 2.29. The molecule has 78 valence electrons. The van der Waals surface area contributed by atoms with E-state index in [1.165, 1.54) is 0 Å². The first-order valence-electron chi connectivity index (χ1n) is 4.84. The highest BCUT2D eigenvalue weighted by Crippen LogP contribution is 2.29. The molecule has 3 heteroatoms. The zero-order valence-electron chi connectivity index (χ0n) is 8.31. The Morgan fingerprint density at radius 2 is 1.80 bits per heavy atom. The molecule has 2 rings (SSSR count). The number of hydrogen-bond acceptors (Lipinski definition) is 3. The molecule has 3 nitrogen and oxygen atoms in total. The number of fused-ring (bicyclic) bond motifs is 1. The molecule has 0 fully saturated rings. The highest BCUT2D eigenvalue weighted by atomic mass is 16.5. The third-order valence-electron chi connectivity index (χ3n) is 2.27. The fraction of sp³-hybridized carbons (Fsp3) is 0.167. The first-order valence-corrected chi connectivity index (χ1v) is 4.84. The summed E-state index contributed by atoms with van der Waals surface area (Å²) in [6, 6.07) is 11.4. The van der Waals surface area contributed by atoms with Crippen molar-refractivity contribution in [3.63, 3.8) is 0 Å². The molecule has 0 atom stereocenters. The Morgan fingerprint density at radius 1 is 1.07 bits per heavy atom. The normalized spacial score (nSPS) is 10.5. The molecule has 2 aromatic carbocycles. The van der Waals surface area contributed by atoms with Crippen molar-refractivity contribution in [1.29, 1.82) is 0 Å². The second kappa shape index (κ2) is 4.19. The predicted molar refractivity (Wildman–Crippen MR) is 60.9 cm³/mol. The van der Waals surface area contributed by atoms with Gasteiger partial charge in [-0.15, -0.1) is 0 Å². The van der Waals surface area contributed by atoms with Gasteiger partial charge >= 0.3 is 0 Å². The van der Waals surface area contributed by atoms with Gasteiger partial charge < -0.3 is 15.6 Å². The van der Waals surface area contributed by atoms with Crippen LogP contribution in [0.5, 0.6) is 5.75 Å². The molecule has 0 amide bonds. The van der Waals surface area contributed by atoms with Gasteiger partial charge in [0.25, 0.3) is 0 Å². The standard InChI is InChI=1S/C12H13NO2/c13-11-5-6-12(15-8-7-14)10-4-2-1-3-9(10)11/h1-6,14H,7-8,13H2. The molecule has 15 heavy (non-hydrogen) atoms. The molecule has 0 spiro atoms. The number of ether oxygens (including phenoxy) is 1. The van der Waals surface area contributed by atoms with Crippen LogP contribution in [0.4, 0.5) is 5.69 Å². The molecular weight excluding hydrogens is 190 g/mol. The van der Waals surface area contributed by atoms with Crippen LogP contribution in [-0.4, -0.2) is 18.3 Å². The van der Waals surface area contributed by atoms with E-state index in [0.29, 0.717) is 6.61 Å². The molecule has 0 heterocycles. The van der Waals surface area contributed by atoms with E-state index < -0.39 is 0 Å². The van der Waals surface area contributed by atoms with Crippen molar-refractivity contribution in [2.45, 2.75) is 0 Å². The summed E-state index contributed by atoms with van der Waals surface area (Å²) in [5.41, 5.74) is 6.59. The van der Waals surface area contributed by atoms with Gasteiger partial charge in [-0.25, -0.2) is 0 Å². The maximum atomic E-state index is 8.70. The van der Waals surface area contributed by atoms with Crippen molar-refractivity contribution < 1.29 is 9.84 Å². The molecule has 0 aliphatic carbocycles. The van der Waals surface area contributed by atoms with Crippen molar-refractivity contribution in [3.05, 3.63) is 36.4 Å². The largest absolute Gasteiger partial charge is 0.491 e. The van der Waals surface area contributed by atoms with Crippen LogP contribution in [0.1, 0.15) is 0 Å². The van der Waals surface area contributed by atoms with Gasteiger partial charge in [-0.3, -0.25) is 0 Å². The number of anilines is 1. The van der Waals surface area contributed by atoms with Crippen LogP contribution in [-0.2, 0) is 0 Å². The molecule has 0 aromatic heterocycles. The number of nitrogens with two attached hydrogens (primary N) is 1. The van der Waals surface area contributed by atoms with Crippen LogP contribution in [0.25, 0.3) is 10.8 Å². The summed E-state index contributed by atoms with van der Waals surface area (Å²) >= 11 is 0. The van der Waals surface area contributed by atoms with Gasteiger partial charge in [-0.05, 0) is 12.1 Å². The maximum Gasteiger partial charge on any atom is 0.127 e. The SMILES string of the molecule is Nc1ccc(OCCO)c2ccccc12. The lowest BCUT2D eigenvalue weighted by Gasteiger charge is -2.09. The highest BCUT2D eigenvalue weighted by molar-refractivity contribution is 5.96. The molecule has 0 aliphatic heterocycles. The minimum absolute atomic E-state index is 0.0126. The Morgan fingerprint density at radius 3 is 2.53 bits per heavy atom. The Labute approximate surface area is 88.1 Å². The van der Waals surface area contributed by atoms with E-state index in [0.717, 1.165) is 22.2 Å². The molecule has 0 unspecified atom stereocenters. The van der Waals surface area contributed by atoms with Gasteiger partial charge in [0, 0.05) is 16.5 Å². The zero-order valence-corrected chi connectivity index (χ0v) is 8.31. The number of rotatable bonds is 3. The summed E-state index contributed by atoms with van der Waals surface area (Å²) < 4.78 is 5.42. The summed E-state index contributed by atoms with van der Waals surface area (Å²) in [6.07, 6.45) is 0. The number of aliphatic hydroxyl groups is 1. The van der Waals surface area contributed by atoms with Crippen molar-refractivity contribution >= 4 is 16.5 Å². The smallest absolute Gasteiger partial charge is 0.127 e. The van der Waals surface area contributed by atoms with E-state index in [4.69, 9.17) is 15.6 Å². The van der Waals surface area contributed by atoms with E-state index in [2.05, 4.69) is 0 Å². The van der Waals surface area contributed by atoms with Crippen molar-refractivity contribution in [1.82, 2.24) is 0 Å². The van der Waals surface area contributed by atoms with Gasteiger partial charge in [0.05, 0.1) is 6.61 Å². The van der Waals surface area contributed by atoms with Gasteiger partial charge in [-0.1, -0.05) is 24.3 Å². The number of aliphatic hydroxyl groups excluding tert-OH is 1. The predicted octanol–water partition coefficient (Wildman–Crippen LogP) is 1.79. The summed E-state index contributed by atoms with van der Waals surface area (Å²) in [7, 11) is 0. The summed E-state index contributed by atoms with van der Waals surface area (Å²) in [5.74, 6) is 0.758. The minimum atomic E-state index is 0.0126. The fourth-order valence-electron chi connectivity index (χ4n) is 1.58. The molecule has 0 bridgehead atoms. The van der Waals surface area contributed by atoms with Gasteiger partial charge in [-0.2, -0.15) is 0 Å². The number of benzene rings is 2. The molecule has 0 saturated carbocycles. The third-order valence-corrected chi connectivity index (χ3v) is 2.27. The topological polar surface area (TPSA) is 55.5 Å². The van der Waals surface area contributed by atoms with E-state index in [1.54, 1.807) is 0 Å². The lowest BCUT2D eigenvalue weighted by Crippen LogP contribution is -2.02. The van der Waals surface area contributed by atoms with E-state index in [1.807, 2.05) is 36.4 Å².